The van der Waals surface area contributed by atoms with Crippen molar-refractivity contribution in [2.75, 3.05) is 0 Å². The summed E-state index contributed by atoms with van der Waals surface area (Å²) in [7, 11) is 0. The fourth-order valence-electron chi connectivity index (χ4n) is 4.16. The first-order valence-corrected chi connectivity index (χ1v) is 8.87. The number of hydrazine groups is 1. The average molecular weight is 290 g/mol. The predicted molar refractivity (Wildman–Crippen MR) is 85.7 cm³/mol. The summed E-state index contributed by atoms with van der Waals surface area (Å²) in [6.45, 7) is 0. The van der Waals surface area contributed by atoms with Crippen LogP contribution in [0.3, 0.4) is 0 Å². The lowest BCUT2D eigenvalue weighted by atomic mass is 9.89. The summed E-state index contributed by atoms with van der Waals surface area (Å²) >= 11 is 0. The molecule has 1 aromatic heterocycles. The monoisotopic (exact) mass is 290 g/mol. The largest absolute Gasteiger partial charge is 0.271 e. The van der Waals surface area contributed by atoms with Crippen molar-refractivity contribution in [3.8, 4) is 0 Å². The van der Waals surface area contributed by atoms with Gasteiger partial charge in [-0.1, -0.05) is 38.5 Å². The fraction of sp³-hybridized carbons (Fsp3) is 0.824. The van der Waals surface area contributed by atoms with Crippen molar-refractivity contribution in [1.82, 2.24) is 15.2 Å². The van der Waals surface area contributed by atoms with Gasteiger partial charge < -0.3 is 0 Å². The summed E-state index contributed by atoms with van der Waals surface area (Å²) in [5.74, 6) is 6.56. The molecule has 1 heterocycles. The molecule has 0 amide bonds. The molecule has 4 heteroatoms. The van der Waals surface area contributed by atoms with Crippen LogP contribution < -0.4 is 11.3 Å². The first-order valence-electron chi connectivity index (χ1n) is 8.87. The maximum Gasteiger partial charge on any atom is 0.0640 e. The minimum absolute atomic E-state index is 0.384. The van der Waals surface area contributed by atoms with Gasteiger partial charge in [-0.3, -0.25) is 16.0 Å². The van der Waals surface area contributed by atoms with Gasteiger partial charge in [-0.2, -0.15) is 5.10 Å². The topological polar surface area (TPSA) is 55.9 Å². The van der Waals surface area contributed by atoms with Crippen molar-refractivity contribution < 1.29 is 0 Å². The van der Waals surface area contributed by atoms with E-state index in [4.69, 9.17) is 10.9 Å². The van der Waals surface area contributed by atoms with E-state index in [1.165, 1.54) is 69.9 Å². The number of rotatable bonds is 5. The highest BCUT2D eigenvalue weighted by Crippen LogP contribution is 2.30. The third-order valence-electron chi connectivity index (χ3n) is 5.47. The maximum atomic E-state index is 5.85. The quantitative estimate of drug-likeness (QED) is 0.497. The first-order chi connectivity index (χ1) is 10.4. The predicted octanol–water partition coefficient (Wildman–Crippen LogP) is 3.34. The molecule has 2 aliphatic rings. The highest BCUT2D eigenvalue weighted by Gasteiger charge is 2.23. The van der Waals surface area contributed by atoms with Crippen molar-refractivity contribution in [2.24, 2.45) is 11.8 Å². The van der Waals surface area contributed by atoms with Gasteiger partial charge in [0.05, 0.1) is 11.7 Å². The van der Waals surface area contributed by atoms with Crippen LogP contribution >= 0.6 is 0 Å². The lowest BCUT2D eigenvalue weighted by Gasteiger charge is -2.24. The van der Waals surface area contributed by atoms with Crippen LogP contribution in [0.4, 0.5) is 0 Å². The highest BCUT2D eigenvalue weighted by molar-refractivity contribution is 5.03. The first kappa shape index (κ1) is 15.0. The van der Waals surface area contributed by atoms with E-state index in [0.29, 0.717) is 18.0 Å². The molecular formula is C17H30N4. The molecule has 2 aliphatic carbocycles. The summed E-state index contributed by atoms with van der Waals surface area (Å²) < 4.78 is 2.20. The van der Waals surface area contributed by atoms with Crippen LogP contribution in [0.2, 0.25) is 0 Å². The van der Waals surface area contributed by atoms with Crippen LogP contribution in [0.5, 0.6) is 0 Å². The second-order valence-corrected chi connectivity index (χ2v) is 6.95. The zero-order valence-corrected chi connectivity index (χ0v) is 13.1. The number of nitrogens with zero attached hydrogens (tertiary/aromatic N) is 2. The molecule has 0 radical (unpaired) electrons. The lowest BCUT2D eigenvalue weighted by Crippen LogP contribution is -2.42. The molecule has 0 bridgehead atoms. The van der Waals surface area contributed by atoms with E-state index in [9.17, 15) is 0 Å². The lowest BCUT2D eigenvalue weighted by molar-refractivity contribution is 0.317. The Morgan fingerprint density at radius 1 is 1.10 bits per heavy atom. The summed E-state index contributed by atoms with van der Waals surface area (Å²) in [5, 5.41) is 4.82. The average Bonchev–Trinajstić information content (AvgIpc) is 3.11. The molecular weight excluding hydrogens is 260 g/mol. The molecule has 118 valence electrons. The van der Waals surface area contributed by atoms with Crippen molar-refractivity contribution in [1.29, 1.82) is 0 Å². The van der Waals surface area contributed by atoms with E-state index in [1.807, 2.05) is 0 Å². The van der Waals surface area contributed by atoms with Gasteiger partial charge in [-0.25, -0.2) is 0 Å². The van der Waals surface area contributed by atoms with Gasteiger partial charge in [0.1, 0.15) is 0 Å². The van der Waals surface area contributed by atoms with E-state index in [0.717, 1.165) is 6.42 Å². The molecule has 3 rings (SSSR count). The van der Waals surface area contributed by atoms with Crippen LogP contribution in [0.15, 0.2) is 12.3 Å². The van der Waals surface area contributed by atoms with Crippen LogP contribution in [0, 0.1) is 5.92 Å². The van der Waals surface area contributed by atoms with Crippen molar-refractivity contribution >= 4 is 0 Å². The summed E-state index contributed by atoms with van der Waals surface area (Å²) in [6.07, 6.45) is 16.6. The Kier molecular flexibility index (Phi) is 5.31. The summed E-state index contributed by atoms with van der Waals surface area (Å²) in [6, 6.07) is 3.22. The molecule has 2 fully saturated rings. The maximum absolute atomic E-state index is 5.85. The number of nitrogens with one attached hydrogen (secondary N) is 1. The molecule has 2 saturated carbocycles. The van der Waals surface area contributed by atoms with Crippen molar-refractivity contribution in [2.45, 2.75) is 82.7 Å². The zero-order valence-electron chi connectivity index (χ0n) is 13.1. The van der Waals surface area contributed by atoms with Crippen LogP contribution in [-0.2, 0) is 6.42 Å². The minimum Gasteiger partial charge on any atom is -0.271 e. The SMILES string of the molecule is NNC(Cc1ccn(C2CCCC2)n1)C1CCCCCC1. The highest BCUT2D eigenvalue weighted by atomic mass is 15.3. The molecule has 1 aromatic rings. The molecule has 21 heavy (non-hydrogen) atoms. The molecule has 0 aliphatic heterocycles. The van der Waals surface area contributed by atoms with E-state index < -0.39 is 0 Å². The van der Waals surface area contributed by atoms with Crippen molar-refractivity contribution in [3.05, 3.63) is 18.0 Å². The Balaban J connectivity index is 1.60. The number of aromatic nitrogens is 2. The normalized spacial score (nSPS) is 23.3. The standard InChI is InChI=1S/C17H30N4/c18-19-17(14-7-3-1-2-4-8-14)13-15-11-12-21(20-15)16-9-5-6-10-16/h11-12,14,16-17,19H,1-10,13,18H2. The number of hydrogen-bond acceptors (Lipinski definition) is 3. The smallest absolute Gasteiger partial charge is 0.0640 e. The Labute approximate surface area is 128 Å². The van der Waals surface area contributed by atoms with Gasteiger partial charge in [-0.15, -0.1) is 0 Å². The Bertz CT molecular complexity index is 414. The third-order valence-corrected chi connectivity index (χ3v) is 5.47. The molecule has 4 nitrogen and oxygen atoms in total. The van der Waals surface area contributed by atoms with Crippen LogP contribution in [0.1, 0.15) is 75.9 Å². The fourth-order valence-corrected chi connectivity index (χ4v) is 4.16. The van der Waals surface area contributed by atoms with Crippen molar-refractivity contribution in [3.63, 3.8) is 0 Å². The minimum atomic E-state index is 0.384. The Morgan fingerprint density at radius 3 is 2.43 bits per heavy atom. The van der Waals surface area contributed by atoms with Gasteiger partial charge in [0, 0.05) is 18.7 Å². The molecule has 0 aromatic carbocycles. The molecule has 0 saturated heterocycles. The van der Waals surface area contributed by atoms with Gasteiger partial charge in [-0.05, 0) is 37.7 Å². The number of hydrogen-bond donors (Lipinski definition) is 2. The third kappa shape index (κ3) is 3.86. The molecule has 0 spiro atoms. The Hall–Kier alpha value is -0.870. The van der Waals surface area contributed by atoms with Gasteiger partial charge >= 0.3 is 0 Å². The summed E-state index contributed by atoms with van der Waals surface area (Å²) in [5.41, 5.74) is 4.28. The van der Waals surface area contributed by atoms with E-state index in [2.05, 4.69) is 22.4 Å². The molecule has 3 N–H and O–H groups in total. The molecule has 1 atom stereocenters. The number of nitrogens with two attached hydrogens (primary N) is 1. The van der Waals surface area contributed by atoms with Gasteiger partial charge in [0.25, 0.3) is 0 Å². The second-order valence-electron chi connectivity index (χ2n) is 6.95. The molecule has 1 unspecified atom stereocenters. The van der Waals surface area contributed by atoms with Gasteiger partial charge in [0.15, 0.2) is 0 Å². The second kappa shape index (κ2) is 7.41. The van der Waals surface area contributed by atoms with Gasteiger partial charge in [0.2, 0.25) is 0 Å². The van der Waals surface area contributed by atoms with Crippen LogP contribution in [0.25, 0.3) is 0 Å². The van der Waals surface area contributed by atoms with E-state index >= 15 is 0 Å². The zero-order chi connectivity index (χ0) is 14.5. The van der Waals surface area contributed by atoms with E-state index in [-0.39, 0.29) is 0 Å². The van der Waals surface area contributed by atoms with Crippen LogP contribution in [-0.4, -0.2) is 15.8 Å². The van der Waals surface area contributed by atoms with E-state index in [1.54, 1.807) is 0 Å². The summed E-state index contributed by atoms with van der Waals surface area (Å²) in [4.78, 5) is 0. The Morgan fingerprint density at radius 2 is 1.76 bits per heavy atom.